The third-order valence-corrected chi connectivity index (χ3v) is 4.12. The summed E-state index contributed by atoms with van der Waals surface area (Å²) < 4.78 is 13.3. The second kappa shape index (κ2) is 7.11. The second-order valence-corrected chi connectivity index (χ2v) is 5.82. The summed E-state index contributed by atoms with van der Waals surface area (Å²) >= 11 is 6.67. The summed E-state index contributed by atoms with van der Waals surface area (Å²) in [6.45, 7) is 2.68. The largest absolute Gasteiger partial charge is 0.352 e. The zero-order valence-electron chi connectivity index (χ0n) is 9.47. The molecule has 0 aromatic heterocycles. The Morgan fingerprint density at radius 1 is 1.53 bits per heavy atom. The van der Waals surface area contributed by atoms with Crippen molar-refractivity contribution in [3.05, 3.63) is 34.1 Å². The number of halogens is 3. The highest BCUT2D eigenvalue weighted by Crippen LogP contribution is 2.18. The van der Waals surface area contributed by atoms with Gasteiger partial charge in [0.15, 0.2) is 0 Å². The number of hydrogen-bond acceptors (Lipinski definition) is 1. The van der Waals surface area contributed by atoms with E-state index in [0.29, 0.717) is 21.4 Å². The van der Waals surface area contributed by atoms with Crippen molar-refractivity contribution in [3.63, 3.8) is 0 Å². The molecule has 0 saturated carbocycles. The van der Waals surface area contributed by atoms with Crippen molar-refractivity contribution in [1.82, 2.24) is 5.32 Å². The maximum Gasteiger partial charge on any atom is 0.252 e. The van der Waals surface area contributed by atoms with Gasteiger partial charge in [-0.25, -0.2) is 4.39 Å². The summed E-state index contributed by atoms with van der Waals surface area (Å²) in [7, 11) is 0. The number of rotatable bonds is 5. The molecular formula is C12H14Br2FNO. The fourth-order valence-corrected chi connectivity index (χ4v) is 2.08. The fourth-order valence-electron chi connectivity index (χ4n) is 1.32. The minimum atomic E-state index is -0.361. The van der Waals surface area contributed by atoms with E-state index < -0.39 is 0 Å². The Hall–Kier alpha value is -0.420. The van der Waals surface area contributed by atoms with Crippen LogP contribution in [-0.2, 0) is 0 Å². The van der Waals surface area contributed by atoms with Gasteiger partial charge in [0.25, 0.3) is 5.91 Å². The van der Waals surface area contributed by atoms with E-state index in [2.05, 4.69) is 44.1 Å². The van der Waals surface area contributed by atoms with E-state index in [1.165, 1.54) is 18.2 Å². The Bertz CT molecular complexity index is 398. The molecule has 0 saturated heterocycles. The van der Waals surface area contributed by atoms with E-state index in [1.807, 2.05) is 0 Å². The predicted octanol–water partition coefficient (Wildman–Crippen LogP) is 3.88. The third-order valence-electron chi connectivity index (χ3n) is 2.36. The van der Waals surface area contributed by atoms with Crippen molar-refractivity contribution in [2.45, 2.75) is 24.6 Å². The molecule has 94 valence electrons. The lowest BCUT2D eigenvalue weighted by Crippen LogP contribution is -2.26. The molecule has 0 fully saturated rings. The van der Waals surface area contributed by atoms with Gasteiger partial charge in [0, 0.05) is 15.8 Å². The van der Waals surface area contributed by atoms with Crippen LogP contribution < -0.4 is 5.32 Å². The molecule has 1 amide bonds. The zero-order valence-corrected chi connectivity index (χ0v) is 12.6. The summed E-state index contributed by atoms with van der Waals surface area (Å²) in [4.78, 5) is 12.2. The molecule has 1 unspecified atom stereocenters. The van der Waals surface area contributed by atoms with Crippen molar-refractivity contribution < 1.29 is 9.18 Å². The quantitative estimate of drug-likeness (QED) is 0.787. The lowest BCUT2D eigenvalue weighted by Gasteiger charge is -2.09. The molecule has 0 aliphatic heterocycles. The molecule has 2 nitrogen and oxygen atoms in total. The highest BCUT2D eigenvalue weighted by atomic mass is 79.9. The number of carbonyl (C=O) groups is 1. The third kappa shape index (κ3) is 4.76. The Morgan fingerprint density at radius 2 is 2.24 bits per heavy atom. The highest BCUT2D eigenvalue weighted by molar-refractivity contribution is 9.10. The van der Waals surface area contributed by atoms with Crippen LogP contribution in [0.5, 0.6) is 0 Å². The van der Waals surface area contributed by atoms with Gasteiger partial charge in [0.1, 0.15) is 5.82 Å². The first-order valence-corrected chi connectivity index (χ1v) is 7.12. The molecule has 0 aliphatic rings. The number of hydrogen-bond donors (Lipinski definition) is 1. The number of carbonyl (C=O) groups excluding carboxylic acids is 1. The van der Waals surface area contributed by atoms with Crippen LogP contribution in [0.2, 0.25) is 0 Å². The van der Waals surface area contributed by atoms with Crippen molar-refractivity contribution in [1.29, 1.82) is 0 Å². The van der Waals surface area contributed by atoms with Gasteiger partial charge in [-0.15, -0.1) is 0 Å². The molecule has 1 aromatic carbocycles. The Balaban J connectivity index is 2.52. The smallest absolute Gasteiger partial charge is 0.252 e. The van der Waals surface area contributed by atoms with Gasteiger partial charge >= 0.3 is 0 Å². The number of alkyl halides is 1. The van der Waals surface area contributed by atoms with Crippen LogP contribution in [0.3, 0.4) is 0 Å². The molecule has 0 radical (unpaired) electrons. The fraction of sp³-hybridized carbons (Fsp3) is 0.417. The molecule has 0 spiro atoms. The summed E-state index contributed by atoms with van der Waals surface area (Å²) in [5, 5.41) is 2.80. The molecule has 1 N–H and O–H groups in total. The molecule has 1 aromatic rings. The van der Waals surface area contributed by atoms with Crippen molar-refractivity contribution in [2.75, 3.05) is 6.54 Å². The van der Waals surface area contributed by atoms with Crippen molar-refractivity contribution >= 4 is 37.8 Å². The van der Waals surface area contributed by atoms with Crippen LogP contribution in [-0.4, -0.2) is 17.3 Å². The molecule has 5 heteroatoms. The monoisotopic (exact) mass is 365 g/mol. The van der Waals surface area contributed by atoms with Gasteiger partial charge in [-0.2, -0.15) is 0 Å². The topological polar surface area (TPSA) is 29.1 Å². The maximum atomic E-state index is 12.8. The first-order chi connectivity index (χ1) is 8.04. The predicted molar refractivity (Wildman–Crippen MR) is 74.1 cm³/mol. The summed E-state index contributed by atoms with van der Waals surface area (Å²) in [5.41, 5.74) is 0.453. The molecule has 1 atom stereocenters. The van der Waals surface area contributed by atoms with Gasteiger partial charge in [0.2, 0.25) is 0 Å². The summed E-state index contributed by atoms with van der Waals surface area (Å²) in [5.74, 6) is -0.549. The van der Waals surface area contributed by atoms with Crippen LogP contribution in [0.1, 0.15) is 30.1 Å². The SMILES string of the molecule is CCC(Br)CCNC(=O)c1ccc(F)cc1Br. The van der Waals surface area contributed by atoms with Crippen LogP contribution >= 0.6 is 31.9 Å². The number of amides is 1. The maximum absolute atomic E-state index is 12.8. The first kappa shape index (κ1) is 14.6. The molecule has 0 aliphatic carbocycles. The van der Waals surface area contributed by atoms with E-state index in [0.717, 1.165) is 12.8 Å². The van der Waals surface area contributed by atoms with Crippen LogP contribution in [0.15, 0.2) is 22.7 Å². The van der Waals surface area contributed by atoms with Crippen molar-refractivity contribution in [2.24, 2.45) is 0 Å². The molecule has 1 rings (SSSR count). The number of benzene rings is 1. The van der Waals surface area contributed by atoms with E-state index in [-0.39, 0.29) is 11.7 Å². The van der Waals surface area contributed by atoms with Crippen LogP contribution in [0, 0.1) is 5.82 Å². The lowest BCUT2D eigenvalue weighted by molar-refractivity contribution is 0.0952. The highest BCUT2D eigenvalue weighted by Gasteiger charge is 2.10. The molecule has 0 heterocycles. The standard InChI is InChI=1S/C12H14Br2FNO/c1-2-8(13)5-6-16-12(17)10-4-3-9(15)7-11(10)14/h3-4,7-8H,2,5-6H2,1H3,(H,16,17). The minimum absolute atomic E-state index is 0.187. The summed E-state index contributed by atoms with van der Waals surface area (Å²) in [6, 6.07) is 4.04. The van der Waals surface area contributed by atoms with Gasteiger partial charge in [-0.1, -0.05) is 22.9 Å². The number of nitrogens with one attached hydrogen (secondary N) is 1. The van der Waals surface area contributed by atoms with E-state index in [4.69, 9.17) is 0 Å². The van der Waals surface area contributed by atoms with Gasteiger partial charge in [-0.3, -0.25) is 4.79 Å². The minimum Gasteiger partial charge on any atom is -0.352 e. The van der Waals surface area contributed by atoms with E-state index in [9.17, 15) is 9.18 Å². The Morgan fingerprint density at radius 3 is 2.82 bits per heavy atom. The average Bonchev–Trinajstić information content (AvgIpc) is 2.28. The molecule has 0 bridgehead atoms. The van der Waals surface area contributed by atoms with Crippen molar-refractivity contribution in [3.8, 4) is 0 Å². The first-order valence-electron chi connectivity index (χ1n) is 5.42. The van der Waals surface area contributed by atoms with E-state index in [1.54, 1.807) is 0 Å². The van der Waals surface area contributed by atoms with E-state index >= 15 is 0 Å². The van der Waals surface area contributed by atoms with Gasteiger partial charge < -0.3 is 5.32 Å². The van der Waals surface area contributed by atoms with Crippen LogP contribution in [0.25, 0.3) is 0 Å². The average molecular weight is 367 g/mol. The lowest BCUT2D eigenvalue weighted by atomic mass is 10.2. The Kier molecular flexibility index (Phi) is 6.12. The summed E-state index contributed by atoms with van der Waals surface area (Å²) in [6.07, 6.45) is 1.90. The normalized spacial score (nSPS) is 12.2. The second-order valence-electron chi connectivity index (χ2n) is 3.67. The molecule has 17 heavy (non-hydrogen) atoms. The molecular weight excluding hydrogens is 353 g/mol. The van der Waals surface area contributed by atoms with Gasteiger partial charge in [0.05, 0.1) is 5.56 Å². The zero-order chi connectivity index (χ0) is 12.8. The Labute approximate surface area is 117 Å². The van der Waals surface area contributed by atoms with Crippen LogP contribution in [0.4, 0.5) is 4.39 Å². The van der Waals surface area contributed by atoms with Gasteiger partial charge in [-0.05, 0) is 47.0 Å².